The third-order valence-electron chi connectivity index (χ3n) is 2.64. The predicted octanol–water partition coefficient (Wildman–Crippen LogP) is 3.16. The molecule has 0 fully saturated rings. The third kappa shape index (κ3) is 2.72. The van der Waals surface area contributed by atoms with Crippen molar-refractivity contribution in [3.63, 3.8) is 0 Å². The lowest BCUT2D eigenvalue weighted by atomic mass is 10.2. The fraction of sp³-hybridized carbons (Fsp3) is 0. The largest absolute Gasteiger partial charge is 0.341 e. The van der Waals surface area contributed by atoms with Gasteiger partial charge in [-0.1, -0.05) is 11.6 Å². The third-order valence-corrected chi connectivity index (χ3v) is 3.60. The minimum Gasteiger partial charge on any atom is -0.341 e. The highest BCUT2D eigenvalue weighted by Crippen LogP contribution is 2.21. The molecule has 0 saturated carbocycles. The Morgan fingerprint density at radius 3 is 3.00 bits per heavy atom. The van der Waals surface area contributed by atoms with E-state index < -0.39 is 11.7 Å². The van der Waals surface area contributed by atoms with Crippen LogP contribution in [-0.2, 0) is 0 Å². The smallest absolute Gasteiger partial charge is 0.259 e. The van der Waals surface area contributed by atoms with Crippen LogP contribution in [0.15, 0.2) is 29.0 Å². The van der Waals surface area contributed by atoms with Gasteiger partial charge in [0.25, 0.3) is 5.91 Å². The second-order valence-electron chi connectivity index (χ2n) is 4.02. The Hall–Kier alpha value is -2.06. The van der Waals surface area contributed by atoms with Gasteiger partial charge in [-0.3, -0.25) is 10.1 Å². The Morgan fingerprint density at radius 2 is 2.19 bits per heavy atom. The normalized spacial score (nSPS) is 10.8. The van der Waals surface area contributed by atoms with Crippen LogP contribution < -0.4 is 5.32 Å². The molecule has 0 spiro atoms. The number of rotatable bonds is 2. The summed E-state index contributed by atoms with van der Waals surface area (Å²) in [4.78, 5) is 26.8. The van der Waals surface area contributed by atoms with Gasteiger partial charge in [-0.15, -0.1) is 0 Å². The number of fused-ring (bicyclic) bond motifs is 1. The van der Waals surface area contributed by atoms with E-state index in [0.717, 1.165) is 6.07 Å². The summed E-state index contributed by atoms with van der Waals surface area (Å²) in [5.74, 6) is -1.10. The van der Waals surface area contributed by atoms with E-state index in [9.17, 15) is 9.18 Å². The number of benzene rings is 1. The van der Waals surface area contributed by atoms with Crippen molar-refractivity contribution in [1.82, 2.24) is 19.9 Å². The van der Waals surface area contributed by atoms with Crippen LogP contribution in [0.2, 0.25) is 5.15 Å². The van der Waals surface area contributed by atoms with E-state index in [0.29, 0.717) is 15.6 Å². The molecule has 2 heterocycles. The van der Waals surface area contributed by atoms with Gasteiger partial charge < -0.3 is 4.98 Å². The Balaban J connectivity index is 1.94. The molecule has 0 atom stereocenters. The fourth-order valence-corrected chi connectivity index (χ4v) is 2.34. The molecule has 0 aliphatic carbocycles. The zero-order valence-electron chi connectivity index (χ0n) is 10.2. The van der Waals surface area contributed by atoms with Crippen LogP contribution >= 0.6 is 27.5 Å². The van der Waals surface area contributed by atoms with Crippen molar-refractivity contribution in [3.8, 4) is 0 Å². The molecule has 2 N–H and O–H groups in total. The predicted molar refractivity (Wildman–Crippen MR) is 78.7 cm³/mol. The first-order valence-corrected chi connectivity index (χ1v) is 6.84. The summed E-state index contributed by atoms with van der Waals surface area (Å²) in [5.41, 5.74) is 0.919. The average molecular weight is 371 g/mol. The zero-order chi connectivity index (χ0) is 15.0. The lowest BCUT2D eigenvalue weighted by molar-refractivity contribution is 0.102. The maximum atomic E-state index is 13.2. The minimum absolute atomic E-state index is 0.0132. The SMILES string of the molecule is O=C(Nc1nc(Cl)c2[nH]cnc2n1)c1cc(F)ccc1Br. The van der Waals surface area contributed by atoms with Crippen LogP contribution in [0.3, 0.4) is 0 Å². The Morgan fingerprint density at radius 1 is 1.38 bits per heavy atom. The van der Waals surface area contributed by atoms with E-state index in [-0.39, 0.29) is 16.7 Å². The van der Waals surface area contributed by atoms with Gasteiger partial charge >= 0.3 is 0 Å². The van der Waals surface area contributed by atoms with Gasteiger partial charge in [-0.2, -0.15) is 9.97 Å². The van der Waals surface area contributed by atoms with E-state index in [4.69, 9.17) is 11.6 Å². The number of amides is 1. The first-order valence-electron chi connectivity index (χ1n) is 5.67. The summed E-state index contributed by atoms with van der Waals surface area (Å²) in [6.45, 7) is 0. The molecule has 106 valence electrons. The van der Waals surface area contributed by atoms with Crippen molar-refractivity contribution < 1.29 is 9.18 Å². The van der Waals surface area contributed by atoms with E-state index in [1.165, 1.54) is 18.5 Å². The van der Waals surface area contributed by atoms with Gasteiger partial charge in [0.05, 0.1) is 11.9 Å². The zero-order valence-corrected chi connectivity index (χ0v) is 12.5. The van der Waals surface area contributed by atoms with Crippen molar-refractivity contribution in [2.24, 2.45) is 0 Å². The molecule has 0 bridgehead atoms. The van der Waals surface area contributed by atoms with Crippen molar-refractivity contribution in [1.29, 1.82) is 0 Å². The molecule has 9 heteroatoms. The van der Waals surface area contributed by atoms with Crippen LogP contribution in [0.5, 0.6) is 0 Å². The second kappa shape index (κ2) is 5.38. The van der Waals surface area contributed by atoms with E-state index in [1.54, 1.807) is 0 Å². The van der Waals surface area contributed by atoms with Gasteiger partial charge in [0.15, 0.2) is 10.8 Å². The average Bonchev–Trinajstić information content (AvgIpc) is 2.90. The van der Waals surface area contributed by atoms with Gasteiger partial charge in [-0.25, -0.2) is 9.37 Å². The lowest BCUT2D eigenvalue weighted by Gasteiger charge is -2.06. The number of anilines is 1. The number of carbonyl (C=O) groups is 1. The van der Waals surface area contributed by atoms with Crippen molar-refractivity contribution in [2.45, 2.75) is 0 Å². The van der Waals surface area contributed by atoms with Crippen LogP contribution in [0, 0.1) is 5.82 Å². The summed E-state index contributed by atoms with van der Waals surface area (Å²) >= 11 is 9.13. The topological polar surface area (TPSA) is 83.6 Å². The number of aromatic amines is 1. The summed E-state index contributed by atoms with van der Waals surface area (Å²) in [6.07, 6.45) is 1.42. The number of hydrogen-bond acceptors (Lipinski definition) is 4. The van der Waals surface area contributed by atoms with Crippen LogP contribution in [0.25, 0.3) is 11.2 Å². The number of imidazole rings is 1. The number of H-pyrrole nitrogens is 1. The molecular weight excluding hydrogens is 365 g/mol. The number of nitrogens with one attached hydrogen (secondary N) is 2. The van der Waals surface area contributed by atoms with Gasteiger partial charge in [0, 0.05) is 4.47 Å². The summed E-state index contributed by atoms with van der Waals surface area (Å²) in [6, 6.07) is 3.78. The Kier molecular flexibility index (Phi) is 3.56. The quantitative estimate of drug-likeness (QED) is 0.679. The molecule has 0 aliphatic rings. The van der Waals surface area contributed by atoms with E-state index in [2.05, 4.69) is 41.2 Å². The second-order valence-corrected chi connectivity index (χ2v) is 5.23. The molecule has 0 unspecified atom stereocenters. The number of aromatic nitrogens is 4. The molecule has 0 saturated heterocycles. The number of halogens is 3. The first-order chi connectivity index (χ1) is 10.0. The molecule has 3 rings (SSSR count). The van der Waals surface area contributed by atoms with Crippen molar-refractivity contribution in [3.05, 3.63) is 45.5 Å². The monoisotopic (exact) mass is 369 g/mol. The van der Waals surface area contributed by atoms with Crippen LogP contribution in [-0.4, -0.2) is 25.8 Å². The van der Waals surface area contributed by atoms with Crippen molar-refractivity contribution >= 4 is 50.6 Å². The first kappa shape index (κ1) is 13.9. The van der Waals surface area contributed by atoms with E-state index in [1.807, 2.05) is 0 Å². The fourth-order valence-electron chi connectivity index (χ4n) is 1.69. The number of carbonyl (C=O) groups excluding carboxylic acids is 1. The Labute approximate surface area is 130 Å². The Bertz CT molecular complexity index is 853. The summed E-state index contributed by atoms with van der Waals surface area (Å²) < 4.78 is 13.7. The highest BCUT2D eigenvalue weighted by atomic mass is 79.9. The van der Waals surface area contributed by atoms with Gasteiger partial charge in [-0.05, 0) is 34.1 Å². The molecular formula is C12H6BrClFN5O. The molecule has 6 nitrogen and oxygen atoms in total. The summed E-state index contributed by atoms with van der Waals surface area (Å²) in [7, 11) is 0. The molecule has 0 aliphatic heterocycles. The van der Waals surface area contributed by atoms with Crippen molar-refractivity contribution in [2.75, 3.05) is 5.32 Å². The molecule has 1 aromatic carbocycles. The lowest BCUT2D eigenvalue weighted by Crippen LogP contribution is -2.15. The molecule has 3 aromatic rings. The molecule has 0 radical (unpaired) electrons. The highest BCUT2D eigenvalue weighted by molar-refractivity contribution is 9.10. The van der Waals surface area contributed by atoms with Crippen LogP contribution in [0.1, 0.15) is 10.4 Å². The molecule has 1 amide bonds. The van der Waals surface area contributed by atoms with Gasteiger partial charge in [0.1, 0.15) is 11.3 Å². The summed E-state index contributed by atoms with van der Waals surface area (Å²) in [5, 5.41) is 2.58. The number of nitrogens with zero attached hydrogens (tertiary/aromatic N) is 3. The maximum Gasteiger partial charge on any atom is 0.259 e. The number of hydrogen-bond donors (Lipinski definition) is 2. The molecule has 2 aromatic heterocycles. The van der Waals surface area contributed by atoms with Gasteiger partial charge in [0.2, 0.25) is 5.95 Å². The molecule has 21 heavy (non-hydrogen) atoms. The standard InChI is InChI=1S/C12H6BrClFN5O/c13-7-2-1-5(15)3-6(7)11(21)20-12-18-9(14)8-10(19-12)17-4-16-8/h1-4H,(H2,16,17,18,19,20,21). The maximum absolute atomic E-state index is 13.2. The minimum atomic E-state index is -0.563. The van der Waals surface area contributed by atoms with E-state index >= 15 is 0 Å². The highest BCUT2D eigenvalue weighted by Gasteiger charge is 2.15. The van der Waals surface area contributed by atoms with Crippen LogP contribution in [0.4, 0.5) is 10.3 Å².